The van der Waals surface area contributed by atoms with Gasteiger partial charge in [0.15, 0.2) is 5.82 Å². The minimum absolute atomic E-state index is 0.322. The summed E-state index contributed by atoms with van der Waals surface area (Å²) in [6, 6.07) is 4.91. The van der Waals surface area contributed by atoms with E-state index in [9.17, 15) is 0 Å². The first kappa shape index (κ1) is 14.7. The maximum absolute atomic E-state index is 4.40. The van der Waals surface area contributed by atoms with Gasteiger partial charge in [-0.2, -0.15) is 5.10 Å². The van der Waals surface area contributed by atoms with Crippen LogP contribution in [0.5, 0.6) is 0 Å². The second-order valence-corrected chi connectivity index (χ2v) is 6.87. The Morgan fingerprint density at radius 2 is 1.95 bits per heavy atom. The zero-order valence-electron chi connectivity index (χ0n) is 13.5. The molecule has 0 aliphatic heterocycles. The van der Waals surface area contributed by atoms with Gasteiger partial charge in [0.25, 0.3) is 0 Å². The van der Waals surface area contributed by atoms with Crippen molar-refractivity contribution in [2.45, 2.75) is 50.2 Å². The van der Waals surface area contributed by atoms with E-state index in [-0.39, 0.29) is 0 Å². The van der Waals surface area contributed by atoms with E-state index in [2.05, 4.69) is 58.6 Å². The summed E-state index contributed by atoms with van der Waals surface area (Å²) in [4.78, 5) is 4.61. The highest BCUT2D eigenvalue weighted by atomic mass is 15.3. The Morgan fingerprint density at radius 3 is 2.43 bits per heavy atom. The van der Waals surface area contributed by atoms with E-state index in [1.54, 1.807) is 0 Å². The highest BCUT2D eigenvalue weighted by Crippen LogP contribution is 2.37. The molecule has 2 aliphatic carbocycles. The maximum atomic E-state index is 4.40. The van der Waals surface area contributed by atoms with Gasteiger partial charge in [-0.1, -0.05) is 0 Å². The summed E-state index contributed by atoms with van der Waals surface area (Å²) in [5.74, 6) is 0.971. The molecule has 0 amide bonds. The van der Waals surface area contributed by atoms with Crippen molar-refractivity contribution < 1.29 is 0 Å². The van der Waals surface area contributed by atoms with E-state index < -0.39 is 0 Å². The molecule has 1 aromatic heterocycles. The third-order valence-electron chi connectivity index (χ3n) is 5.01. The van der Waals surface area contributed by atoms with Gasteiger partial charge < -0.3 is 15.1 Å². The summed E-state index contributed by atoms with van der Waals surface area (Å²) in [5, 5.41) is 12.2. The number of aromatic nitrogens is 2. The highest BCUT2D eigenvalue weighted by molar-refractivity contribution is 5.37. The van der Waals surface area contributed by atoms with E-state index in [0.717, 1.165) is 24.6 Å². The quantitative estimate of drug-likeness (QED) is 0.827. The predicted molar refractivity (Wildman–Crippen MR) is 85.4 cm³/mol. The number of likely N-dealkylation sites (N-methyl/N-ethyl adjacent to an activating group) is 2. The zero-order chi connectivity index (χ0) is 14.9. The van der Waals surface area contributed by atoms with Crippen LogP contribution in [-0.4, -0.2) is 54.4 Å². The predicted octanol–water partition coefficient (Wildman–Crippen LogP) is 1.65. The van der Waals surface area contributed by atoms with E-state index in [4.69, 9.17) is 0 Å². The monoisotopic (exact) mass is 289 g/mol. The van der Waals surface area contributed by atoms with Crippen molar-refractivity contribution in [3.05, 3.63) is 17.8 Å². The summed E-state index contributed by atoms with van der Waals surface area (Å²) < 4.78 is 0. The van der Waals surface area contributed by atoms with Crippen LogP contribution in [0.3, 0.4) is 0 Å². The molecule has 0 spiro atoms. The van der Waals surface area contributed by atoms with Gasteiger partial charge in [-0.25, -0.2) is 0 Å². The number of rotatable bonds is 7. The van der Waals surface area contributed by atoms with Gasteiger partial charge in [0.05, 0.1) is 5.69 Å². The minimum atomic E-state index is 0.322. The Bertz CT molecular complexity index is 462. The van der Waals surface area contributed by atoms with E-state index >= 15 is 0 Å². The zero-order valence-corrected chi connectivity index (χ0v) is 13.5. The van der Waals surface area contributed by atoms with Crippen LogP contribution < -0.4 is 10.2 Å². The van der Waals surface area contributed by atoms with Crippen molar-refractivity contribution in [3.63, 3.8) is 0 Å². The van der Waals surface area contributed by atoms with Crippen LogP contribution in [0.1, 0.15) is 37.8 Å². The molecule has 3 rings (SSSR count). The van der Waals surface area contributed by atoms with E-state index in [1.807, 2.05) is 0 Å². The van der Waals surface area contributed by atoms with Gasteiger partial charge in [-0.3, -0.25) is 0 Å². The smallest absolute Gasteiger partial charge is 0.151 e. The molecule has 1 heterocycles. The van der Waals surface area contributed by atoms with Crippen molar-refractivity contribution in [1.29, 1.82) is 0 Å². The molecular formula is C16H27N5. The number of nitrogens with one attached hydrogen (secondary N) is 1. The molecule has 2 fully saturated rings. The van der Waals surface area contributed by atoms with Crippen molar-refractivity contribution in [2.75, 3.05) is 32.6 Å². The van der Waals surface area contributed by atoms with Gasteiger partial charge in [-0.15, -0.1) is 5.10 Å². The second kappa shape index (κ2) is 5.89. The molecule has 0 unspecified atom stereocenters. The van der Waals surface area contributed by atoms with Crippen molar-refractivity contribution in [3.8, 4) is 0 Å². The van der Waals surface area contributed by atoms with Gasteiger partial charge in [0, 0.05) is 31.7 Å². The lowest BCUT2D eigenvalue weighted by Gasteiger charge is -2.49. The SMILES string of the molecule is CN(CC1(N(C)C)CCC1)c1ccc(CNC2CC2)nn1. The summed E-state index contributed by atoms with van der Waals surface area (Å²) in [5.41, 5.74) is 1.35. The van der Waals surface area contributed by atoms with E-state index in [0.29, 0.717) is 11.6 Å². The number of nitrogens with zero attached hydrogens (tertiary/aromatic N) is 4. The number of anilines is 1. The molecule has 2 saturated carbocycles. The van der Waals surface area contributed by atoms with Crippen molar-refractivity contribution >= 4 is 5.82 Å². The average molecular weight is 289 g/mol. The van der Waals surface area contributed by atoms with Crippen LogP contribution >= 0.6 is 0 Å². The van der Waals surface area contributed by atoms with Crippen LogP contribution in [0.25, 0.3) is 0 Å². The molecule has 116 valence electrons. The Morgan fingerprint density at radius 1 is 1.19 bits per heavy atom. The van der Waals surface area contributed by atoms with Gasteiger partial charge in [0.2, 0.25) is 0 Å². The molecule has 21 heavy (non-hydrogen) atoms. The van der Waals surface area contributed by atoms with Crippen molar-refractivity contribution in [2.24, 2.45) is 0 Å². The molecule has 0 bridgehead atoms. The fourth-order valence-corrected chi connectivity index (χ4v) is 3.04. The fourth-order valence-electron chi connectivity index (χ4n) is 3.04. The lowest BCUT2D eigenvalue weighted by Crippen LogP contribution is -2.56. The maximum Gasteiger partial charge on any atom is 0.151 e. The van der Waals surface area contributed by atoms with Crippen molar-refractivity contribution in [1.82, 2.24) is 20.4 Å². The molecule has 0 aromatic carbocycles. The third kappa shape index (κ3) is 3.35. The first-order valence-electron chi connectivity index (χ1n) is 8.04. The topological polar surface area (TPSA) is 44.3 Å². The summed E-state index contributed by atoms with van der Waals surface area (Å²) in [6.45, 7) is 1.86. The van der Waals surface area contributed by atoms with Crippen LogP contribution in [-0.2, 0) is 6.54 Å². The number of hydrogen-bond acceptors (Lipinski definition) is 5. The number of hydrogen-bond donors (Lipinski definition) is 1. The molecule has 0 radical (unpaired) electrons. The molecule has 0 atom stereocenters. The minimum Gasteiger partial charge on any atom is -0.356 e. The highest BCUT2D eigenvalue weighted by Gasteiger charge is 2.40. The van der Waals surface area contributed by atoms with Crippen LogP contribution in [0.15, 0.2) is 12.1 Å². The molecule has 5 heteroatoms. The Labute approximate surface area is 127 Å². The summed E-state index contributed by atoms with van der Waals surface area (Å²) >= 11 is 0. The molecule has 1 N–H and O–H groups in total. The first-order chi connectivity index (χ1) is 10.1. The van der Waals surface area contributed by atoms with Crippen LogP contribution in [0.2, 0.25) is 0 Å². The van der Waals surface area contributed by atoms with Crippen LogP contribution in [0, 0.1) is 0 Å². The Hall–Kier alpha value is -1.20. The van der Waals surface area contributed by atoms with Gasteiger partial charge in [-0.05, 0) is 58.3 Å². The lowest BCUT2D eigenvalue weighted by atomic mass is 9.75. The Kier molecular flexibility index (Phi) is 4.13. The molecule has 2 aliphatic rings. The largest absolute Gasteiger partial charge is 0.356 e. The summed E-state index contributed by atoms with van der Waals surface area (Å²) in [7, 11) is 6.49. The average Bonchev–Trinajstić information content (AvgIpc) is 3.24. The molecule has 5 nitrogen and oxygen atoms in total. The second-order valence-electron chi connectivity index (χ2n) is 6.87. The van der Waals surface area contributed by atoms with Crippen LogP contribution in [0.4, 0.5) is 5.82 Å². The lowest BCUT2D eigenvalue weighted by molar-refractivity contribution is 0.0681. The molecular weight excluding hydrogens is 262 g/mol. The first-order valence-corrected chi connectivity index (χ1v) is 8.04. The van der Waals surface area contributed by atoms with Gasteiger partial charge in [0.1, 0.15) is 0 Å². The third-order valence-corrected chi connectivity index (χ3v) is 5.01. The fraction of sp³-hybridized carbons (Fsp3) is 0.750. The normalized spacial score (nSPS) is 20.4. The molecule has 0 saturated heterocycles. The van der Waals surface area contributed by atoms with E-state index in [1.165, 1.54) is 32.1 Å². The Balaban J connectivity index is 1.57. The molecule has 1 aromatic rings. The van der Waals surface area contributed by atoms with Gasteiger partial charge >= 0.3 is 0 Å². The summed E-state index contributed by atoms with van der Waals surface area (Å²) in [6.07, 6.45) is 6.51. The standard InChI is InChI=1S/C16H27N5/c1-20(2)16(9-4-10-16)12-21(3)15-8-7-14(18-19-15)11-17-13-5-6-13/h7-8,13,17H,4-6,9-12H2,1-3H3.